The number of aromatic hydroxyl groups is 3. The van der Waals surface area contributed by atoms with Crippen LogP contribution in [0.4, 0.5) is 0 Å². The van der Waals surface area contributed by atoms with Gasteiger partial charge >= 0.3 is 0 Å². The lowest BCUT2D eigenvalue weighted by Crippen LogP contribution is -2.27. The van der Waals surface area contributed by atoms with Gasteiger partial charge in [-0.2, -0.15) is 0 Å². The van der Waals surface area contributed by atoms with Crippen LogP contribution in [0.1, 0.15) is 46.8 Å². The molecule has 0 spiro atoms. The van der Waals surface area contributed by atoms with Crippen LogP contribution >= 0.6 is 0 Å². The highest BCUT2D eigenvalue weighted by atomic mass is 16.5. The summed E-state index contributed by atoms with van der Waals surface area (Å²) in [6.07, 6.45) is 2.50. The van der Waals surface area contributed by atoms with Gasteiger partial charge in [-0.05, 0) is 33.3 Å². The highest BCUT2D eigenvalue weighted by molar-refractivity contribution is 6.07. The minimum atomic E-state index is -0.789. The van der Waals surface area contributed by atoms with E-state index < -0.39 is 5.92 Å². The van der Waals surface area contributed by atoms with Crippen molar-refractivity contribution in [3.05, 3.63) is 52.1 Å². The Hall–Kier alpha value is -3.15. The van der Waals surface area contributed by atoms with Crippen molar-refractivity contribution in [1.29, 1.82) is 0 Å². The molecule has 3 N–H and O–H groups in total. The summed E-state index contributed by atoms with van der Waals surface area (Å²) in [5.74, 6) is -0.796. The van der Waals surface area contributed by atoms with Gasteiger partial charge in [-0.3, -0.25) is 4.79 Å². The number of hydrogen-bond donors (Lipinski definition) is 3. The van der Waals surface area contributed by atoms with Crippen molar-refractivity contribution in [2.24, 2.45) is 0 Å². The maximum Gasteiger partial charge on any atom is 0.181 e. The van der Waals surface area contributed by atoms with Gasteiger partial charge in [-0.25, -0.2) is 0 Å². The molecule has 0 aromatic heterocycles. The Bertz CT molecular complexity index is 970. The quantitative estimate of drug-likeness (QED) is 0.690. The van der Waals surface area contributed by atoms with E-state index >= 15 is 0 Å². The van der Waals surface area contributed by atoms with Gasteiger partial charge in [0.25, 0.3) is 0 Å². The molecule has 0 saturated carbocycles. The Kier molecular flexibility index (Phi) is 5.23. The monoisotopic (exact) mass is 384 g/mol. The highest BCUT2D eigenvalue weighted by Crippen LogP contribution is 2.48. The van der Waals surface area contributed by atoms with Gasteiger partial charge in [-0.15, -0.1) is 0 Å². The molecule has 0 fully saturated rings. The van der Waals surface area contributed by atoms with E-state index in [0.717, 1.165) is 5.57 Å². The van der Waals surface area contributed by atoms with Crippen LogP contribution in [0.25, 0.3) is 0 Å². The Morgan fingerprint density at radius 2 is 2.00 bits per heavy atom. The summed E-state index contributed by atoms with van der Waals surface area (Å²) in [7, 11) is 1.52. The summed E-state index contributed by atoms with van der Waals surface area (Å²) < 4.78 is 11.4. The molecule has 1 aliphatic heterocycles. The van der Waals surface area contributed by atoms with E-state index in [1.807, 2.05) is 19.9 Å². The Morgan fingerprint density at radius 3 is 2.61 bits per heavy atom. The lowest BCUT2D eigenvalue weighted by molar-refractivity contribution is 0.0888. The van der Waals surface area contributed by atoms with Gasteiger partial charge in [0.2, 0.25) is 0 Å². The fraction of sp³-hybridized carbons (Fsp3) is 0.318. The number of methoxy groups -OCH3 is 1. The molecule has 148 valence electrons. The first kappa shape index (κ1) is 19.6. The van der Waals surface area contributed by atoms with Gasteiger partial charge in [-0.1, -0.05) is 17.7 Å². The van der Waals surface area contributed by atoms with Crippen LogP contribution in [-0.4, -0.2) is 34.8 Å². The second-order valence-electron chi connectivity index (χ2n) is 7.15. The number of fused-ring (bicyclic) bond motifs is 1. The molecule has 2 aromatic rings. The summed E-state index contributed by atoms with van der Waals surface area (Å²) in [6.45, 7) is 5.65. The number of ether oxygens (including phenoxy) is 2. The van der Waals surface area contributed by atoms with Crippen molar-refractivity contribution in [3.63, 3.8) is 0 Å². The molecule has 1 unspecified atom stereocenters. The number of ketones is 1. The van der Waals surface area contributed by atoms with E-state index in [-0.39, 0.29) is 35.2 Å². The second-order valence-corrected chi connectivity index (χ2v) is 7.15. The van der Waals surface area contributed by atoms with Gasteiger partial charge in [0.15, 0.2) is 5.78 Å². The van der Waals surface area contributed by atoms with Crippen LogP contribution in [0.3, 0.4) is 0 Å². The molecule has 1 atom stereocenters. The summed E-state index contributed by atoms with van der Waals surface area (Å²) in [5.41, 5.74) is 2.71. The third-order valence-corrected chi connectivity index (χ3v) is 4.97. The second kappa shape index (κ2) is 7.46. The molecule has 0 amide bonds. The Morgan fingerprint density at radius 1 is 1.29 bits per heavy atom. The Balaban J connectivity index is 2.16. The molecule has 1 heterocycles. The van der Waals surface area contributed by atoms with E-state index in [9.17, 15) is 20.1 Å². The van der Waals surface area contributed by atoms with E-state index in [1.54, 1.807) is 6.92 Å². The number of phenols is 3. The van der Waals surface area contributed by atoms with Crippen molar-refractivity contribution >= 4 is 5.78 Å². The maximum atomic E-state index is 13.2. The first-order valence-electron chi connectivity index (χ1n) is 9.00. The van der Waals surface area contributed by atoms with Crippen LogP contribution in [-0.2, 0) is 6.42 Å². The predicted molar refractivity (Wildman–Crippen MR) is 105 cm³/mol. The van der Waals surface area contributed by atoms with Gasteiger partial charge in [0.05, 0.1) is 13.0 Å². The Labute approximate surface area is 163 Å². The van der Waals surface area contributed by atoms with Crippen LogP contribution in [0.5, 0.6) is 28.7 Å². The van der Waals surface area contributed by atoms with E-state index in [1.165, 1.54) is 25.3 Å². The van der Waals surface area contributed by atoms with Crippen molar-refractivity contribution in [1.82, 2.24) is 0 Å². The van der Waals surface area contributed by atoms with Gasteiger partial charge < -0.3 is 24.8 Å². The first-order chi connectivity index (χ1) is 13.3. The molecule has 2 aromatic carbocycles. The molecule has 0 bridgehead atoms. The number of Topliss-reactive ketones (excluding diaryl/α,β-unsaturated/α-hetero) is 1. The van der Waals surface area contributed by atoms with Crippen LogP contribution in [0.2, 0.25) is 0 Å². The number of hydrogen-bond acceptors (Lipinski definition) is 6. The zero-order valence-corrected chi connectivity index (χ0v) is 16.4. The highest BCUT2D eigenvalue weighted by Gasteiger charge is 2.37. The molecule has 1 aliphatic rings. The first-order valence-corrected chi connectivity index (χ1v) is 9.00. The average Bonchev–Trinajstić information content (AvgIpc) is 2.64. The number of rotatable bonds is 4. The van der Waals surface area contributed by atoms with E-state index in [0.29, 0.717) is 34.6 Å². The maximum absolute atomic E-state index is 13.2. The van der Waals surface area contributed by atoms with Gasteiger partial charge in [0.1, 0.15) is 40.9 Å². The average molecular weight is 384 g/mol. The lowest BCUT2D eigenvalue weighted by Gasteiger charge is -2.29. The van der Waals surface area contributed by atoms with Crippen LogP contribution in [0.15, 0.2) is 29.8 Å². The number of carbonyl (C=O) groups is 1. The normalized spacial score (nSPS) is 15.6. The minimum absolute atomic E-state index is 0.0116. The van der Waals surface area contributed by atoms with Crippen molar-refractivity contribution in [2.75, 3.05) is 13.7 Å². The molecule has 0 radical (unpaired) electrons. The minimum Gasteiger partial charge on any atom is -0.508 e. The smallest absolute Gasteiger partial charge is 0.181 e. The molecular formula is C22H24O6. The molecular weight excluding hydrogens is 360 g/mol. The van der Waals surface area contributed by atoms with Crippen LogP contribution in [0, 0.1) is 6.92 Å². The topological polar surface area (TPSA) is 96.2 Å². The third-order valence-electron chi connectivity index (χ3n) is 4.97. The molecule has 6 heteroatoms. The fourth-order valence-electron chi connectivity index (χ4n) is 3.51. The molecule has 6 nitrogen and oxygen atoms in total. The van der Waals surface area contributed by atoms with Crippen LogP contribution < -0.4 is 9.47 Å². The number of phenolic OH excluding ortho intramolecular Hbond substituents is 3. The summed E-state index contributed by atoms with van der Waals surface area (Å²) in [4.78, 5) is 13.2. The van der Waals surface area contributed by atoms with Gasteiger partial charge in [0, 0.05) is 22.8 Å². The number of carbonyl (C=O) groups excluding carboxylic acids is 1. The van der Waals surface area contributed by atoms with Crippen molar-refractivity contribution < 1.29 is 29.6 Å². The summed E-state index contributed by atoms with van der Waals surface area (Å²) >= 11 is 0. The zero-order chi connectivity index (χ0) is 20.6. The number of benzene rings is 2. The predicted octanol–water partition coefficient (Wildman–Crippen LogP) is 3.99. The SMILES string of the molecule is COc1c(C)c(O)c2c(c1CC=C(C)C)OCC(c1ccc(O)cc1O)C2=O. The standard InChI is InChI=1S/C22H24O6/c1-11(2)5-7-15-21(27-4)12(3)19(25)18-20(26)16(10-28-22(15)18)14-8-6-13(23)9-17(14)24/h5-6,8-9,16,23-25H,7,10H2,1-4H3. The zero-order valence-electron chi connectivity index (χ0n) is 16.4. The lowest BCUT2D eigenvalue weighted by atomic mass is 9.85. The summed E-state index contributed by atoms with van der Waals surface area (Å²) in [6, 6.07) is 4.06. The number of allylic oxidation sites excluding steroid dienone is 2. The molecule has 28 heavy (non-hydrogen) atoms. The molecule has 0 aliphatic carbocycles. The molecule has 0 saturated heterocycles. The largest absolute Gasteiger partial charge is 0.508 e. The van der Waals surface area contributed by atoms with E-state index in [2.05, 4.69) is 0 Å². The third kappa shape index (κ3) is 3.26. The molecule has 3 rings (SSSR count). The fourth-order valence-corrected chi connectivity index (χ4v) is 3.51. The van der Waals surface area contributed by atoms with Crippen molar-refractivity contribution in [2.45, 2.75) is 33.1 Å². The van der Waals surface area contributed by atoms with Crippen molar-refractivity contribution in [3.8, 4) is 28.7 Å². The van der Waals surface area contributed by atoms with E-state index in [4.69, 9.17) is 9.47 Å². The summed E-state index contributed by atoms with van der Waals surface area (Å²) in [5, 5.41) is 30.4.